The molecule has 2 heterocycles. The van der Waals surface area contributed by atoms with Gasteiger partial charge in [0.05, 0.1) is 5.69 Å². The summed E-state index contributed by atoms with van der Waals surface area (Å²) in [5, 5.41) is 3.13. The Balaban J connectivity index is 2.25. The maximum atomic E-state index is 4.59. The Morgan fingerprint density at radius 2 is 2.54 bits per heavy atom. The van der Waals surface area contributed by atoms with Crippen LogP contribution in [0.4, 0.5) is 0 Å². The summed E-state index contributed by atoms with van der Waals surface area (Å²) in [6.45, 7) is 3.15. The molecule has 0 spiro atoms. The molecular formula is C10H17N3. The molecule has 0 radical (unpaired) electrons. The second-order valence-electron chi connectivity index (χ2n) is 3.83. The van der Waals surface area contributed by atoms with E-state index < -0.39 is 0 Å². The lowest BCUT2D eigenvalue weighted by atomic mass is 10.1. The molecule has 0 bridgehead atoms. The summed E-state index contributed by atoms with van der Waals surface area (Å²) in [7, 11) is 1.96. The smallest absolute Gasteiger partial charge is 0.109 e. The monoisotopic (exact) mass is 179 g/mol. The Kier molecular flexibility index (Phi) is 2.36. The number of nitrogens with one attached hydrogen (secondary N) is 1. The van der Waals surface area contributed by atoms with Crippen molar-refractivity contribution < 1.29 is 0 Å². The summed E-state index contributed by atoms with van der Waals surface area (Å²) in [5.41, 5.74) is 1.17. The average Bonchev–Trinajstić information content (AvgIpc) is 2.49. The second kappa shape index (κ2) is 3.50. The molecule has 1 aliphatic rings. The number of hydrogen-bond acceptors (Lipinski definition) is 2. The fourth-order valence-corrected chi connectivity index (χ4v) is 2.02. The van der Waals surface area contributed by atoms with Crippen LogP contribution in [0.2, 0.25) is 0 Å². The normalized spacial score (nSPS) is 21.5. The molecule has 1 atom stereocenters. The number of aryl methyl sites for hydroxylation is 1. The van der Waals surface area contributed by atoms with E-state index in [2.05, 4.69) is 28.0 Å². The molecule has 13 heavy (non-hydrogen) atoms. The standard InChI is InChI=1S/C10H17N3/c1-8-4-3-5-10-12-9(6-11-2)7-13(8)10/h7-8,11H,3-6H2,1-2H3. The molecule has 1 aliphatic heterocycles. The van der Waals surface area contributed by atoms with Crippen LogP contribution >= 0.6 is 0 Å². The van der Waals surface area contributed by atoms with Crippen molar-refractivity contribution in [2.45, 2.75) is 38.8 Å². The van der Waals surface area contributed by atoms with Gasteiger partial charge in [0.2, 0.25) is 0 Å². The van der Waals surface area contributed by atoms with E-state index in [-0.39, 0.29) is 0 Å². The van der Waals surface area contributed by atoms with Crippen molar-refractivity contribution >= 4 is 0 Å². The maximum absolute atomic E-state index is 4.59. The highest BCUT2D eigenvalue weighted by Gasteiger charge is 2.17. The third kappa shape index (κ3) is 1.61. The molecule has 3 heteroatoms. The van der Waals surface area contributed by atoms with Crippen LogP contribution in [0.15, 0.2) is 6.20 Å². The molecule has 0 saturated carbocycles. The highest BCUT2D eigenvalue weighted by Crippen LogP contribution is 2.23. The van der Waals surface area contributed by atoms with E-state index in [4.69, 9.17) is 0 Å². The summed E-state index contributed by atoms with van der Waals surface area (Å²) in [4.78, 5) is 4.59. The molecule has 3 nitrogen and oxygen atoms in total. The number of imidazole rings is 1. The molecule has 1 unspecified atom stereocenters. The van der Waals surface area contributed by atoms with Crippen molar-refractivity contribution in [2.75, 3.05) is 7.05 Å². The van der Waals surface area contributed by atoms with E-state index >= 15 is 0 Å². The minimum absolute atomic E-state index is 0.641. The summed E-state index contributed by atoms with van der Waals surface area (Å²) < 4.78 is 2.33. The van der Waals surface area contributed by atoms with E-state index in [1.165, 1.54) is 24.4 Å². The first-order valence-corrected chi connectivity index (χ1v) is 5.02. The van der Waals surface area contributed by atoms with Gasteiger partial charge in [-0.05, 0) is 26.8 Å². The van der Waals surface area contributed by atoms with E-state index in [0.717, 1.165) is 13.0 Å². The molecule has 0 amide bonds. The van der Waals surface area contributed by atoms with Gasteiger partial charge in [-0.15, -0.1) is 0 Å². The van der Waals surface area contributed by atoms with Crippen LogP contribution < -0.4 is 5.32 Å². The van der Waals surface area contributed by atoms with Crippen LogP contribution in [-0.4, -0.2) is 16.6 Å². The zero-order valence-electron chi connectivity index (χ0n) is 8.38. The van der Waals surface area contributed by atoms with Crippen LogP contribution in [-0.2, 0) is 13.0 Å². The topological polar surface area (TPSA) is 29.9 Å². The minimum Gasteiger partial charge on any atom is -0.332 e. The quantitative estimate of drug-likeness (QED) is 0.745. The first kappa shape index (κ1) is 8.75. The number of rotatable bonds is 2. The van der Waals surface area contributed by atoms with Crippen molar-refractivity contribution in [3.8, 4) is 0 Å². The van der Waals surface area contributed by atoms with E-state index in [9.17, 15) is 0 Å². The van der Waals surface area contributed by atoms with Gasteiger partial charge in [0.15, 0.2) is 0 Å². The van der Waals surface area contributed by atoms with Gasteiger partial charge in [-0.25, -0.2) is 4.98 Å². The van der Waals surface area contributed by atoms with Gasteiger partial charge in [-0.2, -0.15) is 0 Å². The molecule has 1 N–H and O–H groups in total. The Labute approximate surface area is 79.2 Å². The summed E-state index contributed by atoms with van der Waals surface area (Å²) in [6, 6.07) is 0.641. The van der Waals surface area contributed by atoms with Gasteiger partial charge in [0.25, 0.3) is 0 Å². The largest absolute Gasteiger partial charge is 0.332 e. The molecule has 1 aromatic rings. The predicted octanol–water partition coefficient (Wildman–Crippen LogP) is 1.50. The highest BCUT2D eigenvalue weighted by molar-refractivity contribution is 5.07. The Morgan fingerprint density at radius 3 is 3.23 bits per heavy atom. The lowest BCUT2D eigenvalue weighted by Crippen LogP contribution is -2.14. The van der Waals surface area contributed by atoms with Crippen LogP contribution in [0.25, 0.3) is 0 Å². The molecule has 2 rings (SSSR count). The summed E-state index contributed by atoms with van der Waals surface area (Å²) in [6.07, 6.45) is 5.92. The average molecular weight is 179 g/mol. The molecule has 72 valence electrons. The second-order valence-corrected chi connectivity index (χ2v) is 3.83. The maximum Gasteiger partial charge on any atom is 0.109 e. The van der Waals surface area contributed by atoms with E-state index in [1.54, 1.807) is 0 Å². The van der Waals surface area contributed by atoms with Crippen LogP contribution in [0.1, 0.15) is 37.3 Å². The first-order chi connectivity index (χ1) is 6.31. The van der Waals surface area contributed by atoms with Gasteiger partial charge in [0.1, 0.15) is 5.82 Å². The molecular weight excluding hydrogens is 162 g/mol. The van der Waals surface area contributed by atoms with Crippen molar-refractivity contribution in [3.63, 3.8) is 0 Å². The Morgan fingerprint density at radius 1 is 1.69 bits per heavy atom. The molecule has 0 aromatic carbocycles. The number of fused-ring (bicyclic) bond motifs is 1. The minimum atomic E-state index is 0.641. The number of aromatic nitrogens is 2. The first-order valence-electron chi connectivity index (χ1n) is 5.02. The Bertz CT molecular complexity index is 290. The van der Waals surface area contributed by atoms with Gasteiger partial charge in [0, 0.05) is 25.2 Å². The zero-order valence-corrected chi connectivity index (χ0v) is 8.38. The van der Waals surface area contributed by atoms with Gasteiger partial charge in [-0.3, -0.25) is 0 Å². The van der Waals surface area contributed by atoms with Gasteiger partial charge in [-0.1, -0.05) is 0 Å². The third-order valence-corrected chi connectivity index (χ3v) is 2.71. The summed E-state index contributed by atoms with van der Waals surface area (Å²) >= 11 is 0. The summed E-state index contributed by atoms with van der Waals surface area (Å²) in [5.74, 6) is 1.27. The SMILES string of the molecule is CNCc1cn2c(n1)CCCC2C. The van der Waals surface area contributed by atoms with Crippen LogP contribution in [0.5, 0.6) is 0 Å². The van der Waals surface area contributed by atoms with Crippen LogP contribution in [0.3, 0.4) is 0 Å². The fourth-order valence-electron chi connectivity index (χ4n) is 2.02. The molecule has 0 saturated heterocycles. The third-order valence-electron chi connectivity index (χ3n) is 2.71. The van der Waals surface area contributed by atoms with E-state index in [1.807, 2.05) is 7.05 Å². The van der Waals surface area contributed by atoms with Crippen LogP contribution in [0, 0.1) is 0 Å². The zero-order chi connectivity index (χ0) is 9.26. The molecule has 0 fully saturated rings. The van der Waals surface area contributed by atoms with Crippen molar-refractivity contribution in [2.24, 2.45) is 0 Å². The van der Waals surface area contributed by atoms with Gasteiger partial charge >= 0.3 is 0 Å². The number of nitrogens with zero attached hydrogens (tertiary/aromatic N) is 2. The van der Waals surface area contributed by atoms with E-state index in [0.29, 0.717) is 6.04 Å². The Hall–Kier alpha value is -0.830. The lowest BCUT2D eigenvalue weighted by molar-refractivity contribution is 0.425. The van der Waals surface area contributed by atoms with Crippen molar-refractivity contribution in [1.82, 2.24) is 14.9 Å². The van der Waals surface area contributed by atoms with Crippen molar-refractivity contribution in [3.05, 3.63) is 17.7 Å². The fraction of sp³-hybridized carbons (Fsp3) is 0.700. The molecule has 0 aliphatic carbocycles. The van der Waals surface area contributed by atoms with Gasteiger partial charge < -0.3 is 9.88 Å². The molecule has 1 aromatic heterocycles. The number of hydrogen-bond donors (Lipinski definition) is 1. The highest BCUT2D eigenvalue weighted by atomic mass is 15.1. The lowest BCUT2D eigenvalue weighted by Gasteiger charge is -2.20. The van der Waals surface area contributed by atoms with Crippen molar-refractivity contribution in [1.29, 1.82) is 0 Å². The predicted molar refractivity (Wildman–Crippen MR) is 52.6 cm³/mol.